The highest BCUT2D eigenvalue weighted by molar-refractivity contribution is 7.92. The normalized spacial score (nSPS) is 11.8. The second kappa shape index (κ2) is 13.7. The van der Waals surface area contributed by atoms with Crippen LogP contribution in [0.2, 0.25) is 0 Å². The van der Waals surface area contributed by atoms with Crippen LogP contribution in [0.5, 0.6) is 5.75 Å². The average Bonchev–Trinajstić information content (AvgIpc) is 2.94. The third-order valence-electron chi connectivity index (χ3n) is 6.24. The summed E-state index contributed by atoms with van der Waals surface area (Å²) >= 11 is 0. The molecule has 0 aliphatic carbocycles. The molecule has 0 radical (unpaired) electrons. The minimum absolute atomic E-state index is 0.0287. The van der Waals surface area contributed by atoms with Crippen molar-refractivity contribution < 1.29 is 32.1 Å². The van der Waals surface area contributed by atoms with Gasteiger partial charge in [0.25, 0.3) is 5.69 Å². The lowest BCUT2D eigenvalue weighted by atomic mass is 10.0. The van der Waals surface area contributed by atoms with Gasteiger partial charge in [-0.1, -0.05) is 48.5 Å². The molecule has 0 fully saturated rings. The molecule has 0 spiro atoms. The minimum Gasteiger partial charge on any atom is -0.495 e. The highest BCUT2D eigenvalue weighted by atomic mass is 32.2. The highest BCUT2D eigenvalue weighted by Crippen LogP contribution is 2.34. The Balaban J connectivity index is 2.12. The molecule has 3 aromatic carbocycles. The second-order valence-electron chi connectivity index (χ2n) is 9.10. The summed E-state index contributed by atoms with van der Waals surface area (Å²) in [4.78, 5) is 39.2. The lowest BCUT2D eigenvalue weighted by Gasteiger charge is -2.33. The first kappa shape index (κ1) is 31.0. The van der Waals surface area contributed by atoms with E-state index in [0.29, 0.717) is 4.31 Å². The summed E-state index contributed by atoms with van der Waals surface area (Å²) in [5.74, 6) is -1.99. The molecule has 41 heavy (non-hydrogen) atoms. The molecule has 0 bridgehead atoms. The molecule has 1 N–H and O–H groups in total. The molecule has 3 rings (SSSR count). The largest absolute Gasteiger partial charge is 0.495 e. The van der Waals surface area contributed by atoms with Gasteiger partial charge in [0.2, 0.25) is 21.8 Å². The Morgan fingerprint density at radius 3 is 2.32 bits per heavy atom. The summed E-state index contributed by atoms with van der Waals surface area (Å²) in [5.41, 5.74) is 0.174. The number of halogens is 1. The van der Waals surface area contributed by atoms with Crippen LogP contribution in [0, 0.1) is 15.9 Å². The number of hydrogen-bond donors (Lipinski definition) is 1. The number of nitrogens with one attached hydrogen (secondary N) is 1. The number of sulfonamides is 1. The lowest BCUT2D eigenvalue weighted by Crippen LogP contribution is -2.53. The number of benzene rings is 3. The molecular formula is C28H31FN4O7S. The number of anilines is 1. The smallest absolute Gasteiger partial charge is 0.271 e. The van der Waals surface area contributed by atoms with Gasteiger partial charge >= 0.3 is 0 Å². The first-order valence-corrected chi connectivity index (χ1v) is 14.5. The fraction of sp³-hybridized carbons (Fsp3) is 0.286. The Bertz CT molecular complexity index is 1500. The number of carbonyl (C=O) groups is 2. The predicted molar refractivity (Wildman–Crippen MR) is 151 cm³/mol. The molecule has 0 saturated heterocycles. The van der Waals surface area contributed by atoms with E-state index < -0.39 is 50.9 Å². The van der Waals surface area contributed by atoms with Gasteiger partial charge in [0, 0.05) is 37.2 Å². The van der Waals surface area contributed by atoms with Gasteiger partial charge in [0.05, 0.1) is 18.3 Å². The van der Waals surface area contributed by atoms with E-state index in [4.69, 9.17) is 4.74 Å². The molecule has 0 aromatic heterocycles. The van der Waals surface area contributed by atoms with E-state index in [1.54, 1.807) is 43.3 Å². The summed E-state index contributed by atoms with van der Waals surface area (Å²) in [6.45, 7) is 0.784. The van der Waals surface area contributed by atoms with Crippen LogP contribution in [0.25, 0.3) is 0 Å². The summed E-state index contributed by atoms with van der Waals surface area (Å²) in [6, 6.07) is 16.8. The van der Waals surface area contributed by atoms with Gasteiger partial charge in [-0.2, -0.15) is 0 Å². The zero-order valence-electron chi connectivity index (χ0n) is 22.8. The predicted octanol–water partition coefficient (Wildman–Crippen LogP) is 3.28. The van der Waals surface area contributed by atoms with E-state index in [1.807, 2.05) is 0 Å². The lowest BCUT2D eigenvalue weighted by molar-refractivity contribution is -0.384. The van der Waals surface area contributed by atoms with Crippen LogP contribution in [0.1, 0.15) is 18.1 Å². The molecule has 0 unspecified atom stereocenters. The first-order chi connectivity index (χ1) is 19.5. The van der Waals surface area contributed by atoms with Gasteiger partial charge in [-0.15, -0.1) is 0 Å². The molecule has 1 atom stereocenters. The maximum atomic E-state index is 14.8. The molecule has 2 amide bonds. The van der Waals surface area contributed by atoms with E-state index in [0.717, 1.165) is 28.9 Å². The zero-order valence-corrected chi connectivity index (χ0v) is 23.6. The number of non-ortho nitro benzene ring substituents is 1. The number of likely N-dealkylation sites (N-methyl/N-ethyl adjacent to an activating group) is 1. The Morgan fingerprint density at radius 2 is 1.73 bits per heavy atom. The molecule has 0 aliphatic heterocycles. The highest BCUT2D eigenvalue weighted by Gasteiger charge is 2.34. The Morgan fingerprint density at radius 1 is 1.07 bits per heavy atom. The monoisotopic (exact) mass is 586 g/mol. The molecule has 0 heterocycles. The van der Waals surface area contributed by atoms with Crippen LogP contribution in [-0.2, 0) is 32.6 Å². The van der Waals surface area contributed by atoms with Crippen molar-refractivity contribution in [1.82, 2.24) is 10.2 Å². The Labute approximate surface area is 237 Å². The standard InChI is InChI=1S/C28H31FN4O7S/c1-4-30-28(35)25(16-20-10-6-5-7-11-20)31(18-21-12-8-9-13-23(21)29)27(34)19-32(41(3,38)39)24-17-22(33(36)37)14-15-26(24)40-2/h5-15,17,25H,4,16,18-19H2,1-3H3,(H,30,35)/t25-/m0/s1. The number of carbonyl (C=O) groups excluding carboxylic acids is 2. The van der Waals surface area contributed by atoms with Gasteiger partial charge in [0.1, 0.15) is 29.8 Å². The fourth-order valence-electron chi connectivity index (χ4n) is 4.24. The van der Waals surface area contributed by atoms with Crippen LogP contribution in [0.3, 0.4) is 0 Å². The third kappa shape index (κ3) is 8.01. The van der Waals surface area contributed by atoms with Crippen molar-refractivity contribution in [1.29, 1.82) is 0 Å². The molecule has 0 saturated carbocycles. The SMILES string of the molecule is CCNC(=O)[C@H](Cc1ccccc1)N(Cc1ccccc1F)C(=O)CN(c1cc([N+](=O)[O-])ccc1OC)S(C)(=O)=O. The molecule has 3 aromatic rings. The number of amides is 2. The summed E-state index contributed by atoms with van der Waals surface area (Å²) < 4.78 is 46.6. The Kier molecular flexibility index (Phi) is 10.4. The number of nitro benzene ring substituents is 1. The van der Waals surface area contributed by atoms with Crippen molar-refractivity contribution >= 4 is 33.2 Å². The van der Waals surface area contributed by atoms with Crippen molar-refractivity contribution in [3.63, 3.8) is 0 Å². The first-order valence-electron chi connectivity index (χ1n) is 12.6. The molecule has 0 aliphatic rings. The van der Waals surface area contributed by atoms with Crippen LogP contribution >= 0.6 is 0 Å². The van der Waals surface area contributed by atoms with E-state index in [1.165, 1.54) is 31.4 Å². The molecule has 13 heteroatoms. The third-order valence-corrected chi connectivity index (χ3v) is 7.37. The quantitative estimate of drug-likeness (QED) is 0.240. The van der Waals surface area contributed by atoms with E-state index >= 15 is 0 Å². The van der Waals surface area contributed by atoms with Crippen molar-refractivity contribution in [2.24, 2.45) is 0 Å². The number of nitrogens with zero attached hydrogens (tertiary/aromatic N) is 3. The van der Waals surface area contributed by atoms with Gasteiger partial charge in [0.15, 0.2) is 0 Å². The number of ether oxygens (including phenoxy) is 1. The van der Waals surface area contributed by atoms with Crippen molar-refractivity contribution in [3.05, 3.63) is 99.9 Å². The maximum Gasteiger partial charge on any atom is 0.271 e. The van der Waals surface area contributed by atoms with E-state index in [2.05, 4.69) is 5.32 Å². The van der Waals surface area contributed by atoms with Crippen LogP contribution in [-0.4, -0.2) is 62.6 Å². The topological polar surface area (TPSA) is 139 Å². The van der Waals surface area contributed by atoms with Gasteiger partial charge in [-0.25, -0.2) is 12.8 Å². The van der Waals surface area contributed by atoms with Crippen molar-refractivity contribution in [3.8, 4) is 5.75 Å². The van der Waals surface area contributed by atoms with Gasteiger partial charge < -0.3 is 15.0 Å². The van der Waals surface area contributed by atoms with Crippen molar-refractivity contribution in [2.75, 3.05) is 30.8 Å². The summed E-state index contributed by atoms with van der Waals surface area (Å²) in [7, 11) is -2.96. The van der Waals surface area contributed by atoms with Crippen LogP contribution in [0.4, 0.5) is 15.8 Å². The van der Waals surface area contributed by atoms with E-state index in [9.17, 15) is 32.5 Å². The Hall–Kier alpha value is -4.52. The second-order valence-corrected chi connectivity index (χ2v) is 11.0. The van der Waals surface area contributed by atoms with Gasteiger partial charge in [-0.05, 0) is 24.6 Å². The number of rotatable bonds is 13. The number of nitro groups is 1. The number of hydrogen-bond acceptors (Lipinski definition) is 7. The minimum atomic E-state index is -4.21. The van der Waals surface area contributed by atoms with Gasteiger partial charge in [-0.3, -0.25) is 24.0 Å². The molecule has 11 nitrogen and oxygen atoms in total. The molecular weight excluding hydrogens is 555 g/mol. The van der Waals surface area contributed by atoms with E-state index in [-0.39, 0.29) is 36.5 Å². The van der Waals surface area contributed by atoms with Crippen LogP contribution < -0.4 is 14.4 Å². The van der Waals surface area contributed by atoms with Crippen molar-refractivity contribution in [2.45, 2.75) is 25.9 Å². The average molecular weight is 587 g/mol. The van der Waals surface area contributed by atoms with Crippen LogP contribution in [0.15, 0.2) is 72.8 Å². The summed E-state index contributed by atoms with van der Waals surface area (Å²) in [6.07, 6.45) is 0.900. The zero-order chi connectivity index (χ0) is 30.2. The molecule has 218 valence electrons. The number of methoxy groups -OCH3 is 1. The summed E-state index contributed by atoms with van der Waals surface area (Å²) in [5, 5.41) is 14.1. The fourth-order valence-corrected chi connectivity index (χ4v) is 5.08. The maximum absolute atomic E-state index is 14.8.